The lowest BCUT2D eigenvalue weighted by molar-refractivity contribution is 0.101. The maximum Gasteiger partial charge on any atom is 0.159 e. The van der Waals surface area contributed by atoms with Crippen molar-refractivity contribution in [3.8, 4) is 5.75 Å². The van der Waals surface area contributed by atoms with Crippen molar-refractivity contribution in [1.29, 1.82) is 0 Å². The first-order chi connectivity index (χ1) is 10.7. The molecule has 0 radical (unpaired) electrons. The Morgan fingerprint density at radius 1 is 1.35 bits per heavy atom. The molecular weight excluding hydrogens is 312 g/mol. The molecule has 2 aliphatic rings. The van der Waals surface area contributed by atoms with Crippen LogP contribution in [0.5, 0.6) is 5.75 Å². The molecule has 0 aliphatic carbocycles. The highest BCUT2D eigenvalue weighted by Crippen LogP contribution is 2.29. The maximum atomic E-state index is 11.6. The number of Topliss-reactive ketones (excluding diaryl/α,β-unsaturated/α-hetero) is 1. The van der Waals surface area contributed by atoms with E-state index in [1.165, 1.54) is 13.0 Å². The van der Waals surface area contributed by atoms with Crippen LogP contribution in [0.15, 0.2) is 18.2 Å². The average Bonchev–Trinajstić information content (AvgIpc) is 2.96. The fourth-order valence-electron chi connectivity index (χ4n) is 3.71. The number of ketones is 1. The van der Waals surface area contributed by atoms with Crippen LogP contribution in [0, 0.1) is 11.8 Å². The van der Waals surface area contributed by atoms with Crippen LogP contribution >= 0.6 is 12.4 Å². The molecule has 2 unspecified atom stereocenters. The Balaban J connectivity index is 0.00000192. The van der Waals surface area contributed by atoms with Crippen molar-refractivity contribution in [2.24, 2.45) is 11.8 Å². The molecule has 1 aromatic carbocycles. The highest BCUT2D eigenvalue weighted by molar-refractivity contribution is 5.94. The highest BCUT2D eigenvalue weighted by Gasteiger charge is 2.32. The Morgan fingerprint density at radius 2 is 2.13 bits per heavy atom. The Morgan fingerprint density at radius 3 is 2.87 bits per heavy atom. The monoisotopic (exact) mass is 338 g/mol. The van der Waals surface area contributed by atoms with Gasteiger partial charge < -0.3 is 10.1 Å². The van der Waals surface area contributed by atoms with E-state index >= 15 is 0 Å². The maximum absolute atomic E-state index is 11.6. The largest absolute Gasteiger partial charge is 0.494 e. The fraction of sp³-hybridized carbons (Fsp3) is 0.611. The lowest BCUT2D eigenvalue weighted by Crippen LogP contribution is -2.39. The van der Waals surface area contributed by atoms with Gasteiger partial charge in [0.1, 0.15) is 5.75 Å². The summed E-state index contributed by atoms with van der Waals surface area (Å²) in [5.41, 5.74) is 1.91. The summed E-state index contributed by atoms with van der Waals surface area (Å²) in [6.07, 6.45) is 1.27. The number of likely N-dealkylation sites (tertiary alicyclic amines) is 1. The van der Waals surface area contributed by atoms with Crippen LogP contribution in [-0.4, -0.2) is 43.5 Å². The molecule has 0 amide bonds. The summed E-state index contributed by atoms with van der Waals surface area (Å²) in [7, 11) is 0. The van der Waals surface area contributed by atoms with Crippen molar-refractivity contribution >= 4 is 18.2 Å². The Labute approximate surface area is 145 Å². The number of carbonyl (C=O) groups is 1. The minimum Gasteiger partial charge on any atom is -0.494 e. The predicted molar refractivity (Wildman–Crippen MR) is 94.6 cm³/mol. The molecule has 0 aromatic heterocycles. The molecule has 3 rings (SSSR count). The van der Waals surface area contributed by atoms with Crippen molar-refractivity contribution in [3.05, 3.63) is 29.3 Å². The second-order valence-electron chi connectivity index (χ2n) is 6.51. The molecule has 23 heavy (non-hydrogen) atoms. The summed E-state index contributed by atoms with van der Waals surface area (Å²) >= 11 is 0. The third-order valence-electron chi connectivity index (χ3n) is 4.95. The summed E-state index contributed by atoms with van der Waals surface area (Å²) in [6.45, 7) is 9.76. The molecule has 0 saturated carbocycles. The first-order valence-corrected chi connectivity index (χ1v) is 8.37. The second kappa shape index (κ2) is 8.13. The van der Waals surface area contributed by atoms with Gasteiger partial charge in [0.15, 0.2) is 5.78 Å². The lowest BCUT2D eigenvalue weighted by atomic mass is 9.88. The van der Waals surface area contributed by atoms with Crippen LogP contribution in [0.3, 0.4) is 0 Å². The topological polar surface area (TPSA) is 41.6 Å². The molecule has 5 heteroatoms. The van der Waals surface area contributed by atoms with Crippen molar-refractivity contribution in [3.63, 3.8) is 0 Å². The van der Waals surface area contributed by atoms with Gasteiger partial charge in [-0.15, -0.1) is 12.4 Å². The summed E-state index contributed by atoms with van der Waals surface area (Å²) in [6, 6.07) is 5.82. The Kier molecular flexibility index (Phi) is 6.45. The summed E-state index contributed by atoms with van der Waals surface area (Å²) in [5, 5.41) is 3.51. The summed E-state index contributed by atoms with van der Waals surface area (Å²) in [4.78, 5) is 14.2. The number of piperidine rings is 1. The van der Waals surface area contributed by atoms with E-state index in [-0.39, 0.29) is 18.2 Å². The molecule has 2 saturated heterocycles. The second-order valence-corrected chi connectivity index (χ2v) is 6.51. The number of carbonyl (C=O) groups excluding carboxylic acids is 1. The van der Waals surface area contributed by atoms with Gasteiger partial charge in [-0.25, -0.2) is 0 Å². The van der Waals surface area contributed by atoms with Crippen LogP contribution in [0.25, 0.3) is 0 Å². The van der Waals surface area contributed by atoms with Crippen LogP contribution in [-0.2, 0) is 6.54 Å². The summed E-state index contributed by atoms with van der Waals surface area (Å²) < 4.78 is 5.75. The number of halogens is 1. The Hall–Kier alpha value is -1.10. The van der Waals surface area contributed by atoms with Gasteiger partial charge in [0, 0.05) is 24.2 Å². The van der Waals surface area contributed by atoms with E-state index in [2.05, 4.69) is 10.2 Å². The van der Waals surface area contributed by atoms with Crippen LogP contribution in [0.4, 0.5) is 0 Å². The van der Waals surface area contributed by atoms with Gasteiger partial charge in [0.25, 0.3) is 0 Å². The van der Waals surface area contributed by atoms with E-state index in [9.17, 15) is 4.79 Å². The molecule has 2 atom stereocenters. The molecule has 2 heterocycles. The molecular formula is C18H27ClN2O2. The minimum atomic E-state index is 0. The van der Waals surface area contributed by atoms with Crippen molar-refractivity contribution in [1.82, 2.24) is 10.2 Å². The van der Waals surface area contributed by atoms with E-state index in [0.29, 0.717) is 6.61 Å². The zero-order valence-electron chi connectivity index (χ0n) is 14.0. The van der Waals surface area contributed by atoms with Crippen molar-refractivity contribution in [2.45, 2.75) is 26.8 Å². The number of fused-ring (bicyclic) bond motifs is 1. The van der Waals surface area contributed by atoms with Gasteiger partial charge in [-0.2, -0.15) is 0 Å². The van der Waals surface area contributed by atoms with Crippen LogP contribution in [0.1, 0.15) is 36.2 Å². The molecule has 1 aromatic rings. The zero-order valence-corrected chi connectivity index (χ0v) is 14.8. The predicted octanol–water partition coefficient (Wildman–Crippen LogP) is 2.75. The number of hydrogen-bond acceptors (Lipinski definition) is 4. The van der Waals surface area contributed by atoms with E-state index in [1.54, 1.807) is 6.92 Å². The highest BCUT2D eigenvalue weighted by atomic mass is 35.5. The van der Waals surface area contributed by atoms with E-state index in [0.717, 1.165) is 54.9 Å². The molecule has 2 fully saturated rings. The third-order valence-corrected chi connectivity index (χ3v) is 4.95. The number of benzene rings is 1. The standard InChI is InChI=1S/C18H26N2O2.ClH/c1-3-22-18-5-4-14(13(2)21)8-16(18)11-20-7-6-15-9-19-10-17(15)12-20;/h4-5,8,15,17,19H,3,6-7,9-12H2,1-2H3;1H. The normalized spacial score (nSPS) is 23.9. The lowest BCUT2D eigenvalue weighted by Gasteiger charge is -2.34. The van der Waals surface area contributed by atoms with Gasteiger partial charge >= 0.3 is 0 Å². The third kappa shape index (κ3) is 4.25. The van der Waals surface area contributed by atoms with Crippen molar-refractivity contribution in [2.75, 3.05) is 32.8 Å². The van der Waals surface area contributed by atoms with E-state index in [1.807, 2.05) is 25.1 Å². The smallest absolute Gasteiger partial charge is 0.159 e. The number of rotatable bonds is 5. The first kappa shape index (κ1) is 18.2. The SMILES string of the molecule is CCOc1ccc(C(C)=O)cc1CN1CCC2CNCC2C1.Cl. The molecule has 1 N–H and O–H groups in total. The van der Waals surface area contributed by atoms with Gasteiger partial charge in [0.05, 0.1) is 6.61 Å². The first-order valence-electron chi connectivity index (χ1n) is 8.37. The molecule has 2 aliphatic heterocycles. The number of hydrogen-bond donors (Lipinski definition) is 1. The zero-order chi connectivity index (χ0) is 15.5. The van der Waals surface area contributed by atoms with Gasteiger partial charge in [-0.1, -0.05) is 0 Å². The summed E-state index contributed by atoms with van der Waals surface area (Å²) in [5.74, 6) is 2.66. The molecule has 0 bridgehead atoms. The van der Waals surface area contributed by atoms with E-state index in [4.69, 9.17) is 4.74 Å². The quantitative estimate of drug-likeness (QED) is 0.838. The van der Waals surface area contributed by atoms with Gasteiger partial charge in [-0.3, -0.25) is 9.69 Å². The number of nitrogens with one attached hydrogen (secondary N) is 1. The minimum absolute atomic E-state index is 0. The number of ether oxygens (including phenoxy) is 1. The van der Waals surface area contributed by atoms with E-state index < -0.39 is 0 Å². The van der Waals surface area contributed by atoms with Gasteiger partial charge in [-0.05, 0) is 69.9 Å². The van der Waals surface area contributed by atoms with Crippen molar-refractivity contribution < 1.29 is 9.53 Å². The van der Waals surface area contributed by atoms with Crippen LogP contribution in [0.2, 0.25) is 0 Å². The average molecular weight is 339 g/mol. The molecule has 4 nitrogen and oxygen atoms in total. The Bertz CT molecular complexity index is 550. The number of nitrogens with zero attached hydrogens (tertiary/aromatic N) is 1. The fourth-order valence-corrected chi connectivity index (χ4v) is 3.71. The molecule has 0 spiro atoms. The molecule has 128 valence electrons. The van der Waals surface area contributed by atoms with Gasteiger partial charge in [0.2, 0.25) is 0 Å². The van der Waals surface area contributed by atoms with Crippen LogP contribution < -0.4 is 10.1 Å².